The molecular weight excluding hydrogens is 328 g/mol. The van der Waals surface area contributed by atoms with Crippen molar-refractivity contribution >= 4 is 17.8 Å². The van der Waals surface area contributed by atoms with E-state index < -0.39 is 23.6 Å². The zero-order valence-electron chi connectivity index (χ0n) is 14.1. The van der Waals surface area contributed by atoms with Crippen LogP contribution in [0.5, 0.6) is 0 Å². The summed E-state index contributed by atoms with van der Waals surface area (Å²) in [6.45, 7) is 2.14. The number of hydrogen-bond acceptors (Lipinski definition) is 5. The molecule has 0 aliphatic carbocycles. The van der Waals surface area contributed by atoms with Gasteiger partial charge in [0.25, 0.3) is 5.97 Å². The Labute approximate surface area is 145 Å². The highest BCUT2D eigenvalue weighted by atomic mass is 16.4. The summed E-state index contributed by atoms with van der Waals surface area (Å²) in [5.74, 6) is -2.20. The SMILES string of the molecule is CC(=O)O.O=C(O)CCC(=O)N[C@]1(c2ccccc2)CCNC[C@H]1O. The van der Waals surface area contributed by atoms with E-state index in [0.29, 0.717) is 19.5 Å². The number of β-amino-alcohol motifs (C(OH)–C–C–N with tert-alkyl or cyclic N) is 1. The average Bonchev–Trinajstić information content (AvgIpc) is 2.55. The van der Waals surface area contributed by atoms with Crippen LogP contribution < -0.4 is 10.6 Å². The predicted octanol–water partition coefficient (Wildman–Crippen LogP) is 0.308. The molecule has 0 bridgehead atoms. The zero-order chi connectivity index (χ0) is 18.9. The lowest BCUT2D eigenvalue weighted by atomic mass is 9.79. The van der Waals surface area contributed by atoms with Crippen molar-refractivity contribution in [2.45, 2.75) is 37.8 Å². The number of rotatable bonds is 5. The molecule has 1 amide bonds. The van der Waals surface area contributed by atoms with Crippen LogP contribution in [0.15, 0.2) is 30.3 Å². The van der Waals surface area contributed by atoms with Gasteiger partial charge in [0.05, 0.1) is 18.1 Å². The zero-order valence-corrected chi connectivity index (χ0v) is 14.1. The second-order valence-electron chi connectivity index (χ2n) is 5.77. The van der Waals surface area contributed by atoms with Gasteiger partial charge >= 0.3 is 5.97 Å². The standard InChI is InChI=1S/C15H20N2O4.C2H4O2/c18-12-10-16-9-8-15(12,11-4-2-1-3-5-11)17-13(19)6-7-14(20)21;1-2(3)4/h1-5,12,16,18H,6-10H2,(H,17,19)(H,20,21);1H3,(H,3,4)/t12-,15+;/m1./s1. The first-order chi connectivity index (χ1) is 11.8. The Bertz CT molecular complexity index is 588. The van der Waals surface area contributed by atoms with Crippen LogP contribution in [0.3, 0.4) is 0 Å². The van der Waals surface area contributed by atoms with Crippen LogP contribution in [0, 0.1) is 0 Å². The highest BCUT2D eigenvalue weighted by Gasteiger charge is 2.42. The normalized spacial score (nSPS) is 22.2. The van der Waals surface area contributed by atoms with Crippen molar-refractivity contribution in [2.75, 3.05) is 13.1 Å². The van der Waals surface area contributed by atoms with Crippen molar-refractivity contribution in [1.29, 1.82) is 0 Å². The first-order valence-corrected chi connectivity index (χ1v) is 7.94. The van der Waals surface area contributed by atoms with Crippen molar-refractivity contribution < 1.29 is 29.7 Å². The highest BCUT2D eigenvalue weighted by Crippen LogP contribution is 2.31. The third-order valence-electron chi connectivity index (χ3n) is 3.82. The maximum absolute atomic E-state index is 12.0. The molecule has 1 heterocycles. The number of amides is 1. The van der Waals surface area contributed by atoms with Gasteiger partial charge in [-0.3, -0.25) is 14.4 Å². The van der Waals surface area contributed by atoms with Gasteiger partial charge in [0.15, 0.2) is 0 Å². The molecule has 0 spiro atoms. The smallest absolute Gasteiger partial charge is 0.303 e. The molecule has 1 aromatic carbocycles. The van der Waals surface area contributed by atoms with E-state index in [4.69, 9.17) is 15.0 Å². The van der Waals surface area contributed by atoms with E-state index in [1.165, 1.54) is 0 Å². The van der Waals surface area contributed by atoms with Gasteiger partial charge in [0.1, 0.15) is 0 Å². The molecule has 8 heteroatoms. The number of benzene rings is 1. The number of nitrogens with one attached hydrogen (secondary N) is 2. The molecule has 8 nitrogen and oxygen atoms in total. The van der Waals surface area contributed by atoms with Crippen LogP contribution in [0.1, 0.15) is 31.7 Å². The molecule has 1 aromatic rings. The minimum absolute atomic E-state index is 0.0932. The lowest BCUT2D eigenvalue weighted by Gasteiger charge is -2.43. The van der Waals surface area contributed by atoms with E-state index in [0.717, 1.165) is 12.5 Å². The number of carboxylic acids is 2. The van der Waals surface area contributed by atoms with Gasteiger partial charge in [0.2, 0.25) is 5.91 Å². The Balaban J connectivity index is 0.000000705. The highest BCUT2D eigenvalue weighted by molar-refractivity contribution is 5.81. The molecule has 5 N–H and O–H groups in total. The molecule has 0 unspecified atom stereocenters. The van der Waals surface area contributed by atoms with Crippen LogP contribution in [-0.2, 0) is 19.9 Å². The summed E-state index contributed by atoms with van der Waals surface area (Å²) in [6, 6.07) is 9.32. The number of hydrogen-bond donors (Lipinski definition) is 5. The van der Waals surface area contributed by atoms with Gasteiger partial charge in [-0.05, 0) is 18.5 Å². The Morgan fingerprint density at radius 1 is 1.20 bits per heavy atom. The topological polar surface area (TPSA) is 136 Å². The molecular formula is C17H24N2O6. The Morgan fingerprint density at radius 2 is 1.80 bits per heavy atom. The van der Waals surface area contributed by atoms with Gasteiger partial charge < -0.3 is 26.0 Å². The van der Waals surface area contributed by atoms with Crippen LogP contribution in [-0.4, -0.2) is 52.4 Å². The second-order valence-corrected chi connectivity index (χ2v) is 5.77. The van der Waals surface area contributed by atoms with E-state index in [-0.39, 0.29) is 18.7 Å². The maximum atomic E-state index is 12.0. The van der Waals surface area contributed by atoms with E-state index in [1.807, 2.05) is 30.3 Å². The van der Waals surface area contributed by atoms with Crippen molar-refractivity contribution in [3.8, 4) is 0 Å². The summed E-state index contributed by atoms with van der Waals surface area (Å²) >= 11 is 0. The minimum atomic E-state index is -1.01. The first kappa shape index (κ1) is 20.6. The number of carboxylic acid groups (broad SMARTS) is 2. The molecule has 1 fully saturated rings. The summed E-state index contributed by atoms with van der Waals surface area (Å²) in [6.07, 6.45) is -0.519. The number of aliphatic hydroxyl groups excluding tert-OH is 1. The molecule has 0 aromatic heterocycles. The number of aliphatic carboxylic acids is 2. The lowest BCUT2D eigenvalue weighted by Crippen LogP contribution is -2.61. The molecule has 0 radical (unpaired) electrons. The fraction of sp³-hybridized carbons (Fsp3) is 0.471. The maximum Gasteiger partial charge on any atom is 0.303 e. The molecule has 25 heavy (non-hydrogen) atoms. The second kappa shape index (κ2) is 9.75. The fourth-order valence-corrected chi connectivity index (χ4v) is 2.69. The Morgan fingerprint density at radius 3 is 2.32 bits per heavy atom. The van der Waals surface area contributed by atoms with Crippen molar-refractivity contribution in [2.24, 2.45) is 0 Å². The summed E-state index contributed by atoms with van der Waals surface area (Å²) < 4.78 is 0. The third-order valence-corrected chi connectivity index (χ3v) is 3.82. The average molecular weight is 352 g/mol. The van der Waals surface area contributed by atoms with Gasteiger partial charge in [-0.15, -0.1) is 0 Å². The number of aliphatic hydroxyl groups is 1. The van der Waals surface area contributed by atoms with Gasteiger partial charge in [-0.2, -0.15) is 0 Å². The van der Waals surface area contributed by atoms with Crippen molar-refractivity contribution in [1.82, 2.24) is 10.6 Å². The summed E-state index contributed by atoms with van der Waals surface area (Å²) in [5.41, 5.74) is -0.0232. The predicted molar refractivity (Wildman–Crippen MR) is 89.9 cm³/mol. The number of piperidine rings is 1. The van der Waals surface area contributed by atoms with Gasteiger partial charge in [0, 0.05) is 19.9 Å². The van der Waals surface area contributed by atoms with Gasteiger partial charge in [-0.1, -0.05) is 30.3 Å². The van der Waals surface area contributed by atoms with E-state index >= 15 is 0 Å². The Hall–Kier alpha value is -2.45. The number of carbonyl (C=O) groups excluding carboxylic acids is 1. The lowest BCUT2D eigenvalue weighted by molar-refractivity contribution is -0.139. The fourth-order valence-electron chi connectivity index (χ4n) is 2.69. The molecule has 0 saturated carbocycles. The van der Waals surface area contributed by atoms with Crippen LogP contribution in [0.2, 0.25) is 0 Å². The van der Waals surface area contributed by atoms with E-state index in [2.05, 4.69) is 10.6 Å². The Kier molecular flexibility index (Phi) is 8.03. The van der Waals surface area contributed by atoms with Crippen molar-refractivity contribution in [3.63, 3.8) is 0 Å². The number of carbonyl (C=O) groups is 3. The summed E-state index contributed by atoms with van der Waals surface area (Å²) in [7, 11) is 0. The summed E-state index contributed by atoms with van der Waals surface area (Å²) in [4.78, 5) is 31.6. The monoisotopic (exact) mass is 352 g/mol. The van der Waals surface area contributed by atoms with E-state index in [9.17, 15) is 14.7 Å². The van der Waals surface area contributed by atoms with Crippen molar-refractivity contribution in [3.05, 3.63) is 35.9 Å². The molecule has 138 valence electrons. The molecule has 2 atom stereocenters. The quantitative estimate of drug-likeness (QED) is 0.514. The minimum Gasteiger partial charge on any atom is -0.481 e. The molecule has 1 saturated heterocycles. The van der Waals surface area contributed by atoms with Gasteiger partial charge in [-0.25, -0.2) is 0 Å². The summed E-state index contributed by atoms with van der Waals surface area (Å²) in [5, 5.41) is 32.4. The molecule has 2 rings (SSSR count). The molecule has 1 aliphatic heterocycles. The van der Waals surface area contributed by atoms with Crippen LogP contribution in [0.4, 0.5) is 0 Å². The third kappa shape index (κ3) is 6.52. The largest absolute Gasteiger partial charge is 0.481 e. The van der Waals surface area contributed by atoms with E-state index in [1.54, 1.807) is 0 Å². The first-order valence-electron chi connectivity index (χ1n) is 7.94. The molecule has 1 aliphatic rings. The van der Waals surface area contributed by atoms with Crippen LogP contribution >= 0.6 is 0 Å². The van der Waals surface area contributed by atoms with Crippen LogP contribution in [0.25, 0.3) is 0 Å².